The number of aliphatic imine (C=N–C) groups is 1. The predicted molar refractivity (Wildman–Crippen MR) is 118 cm³/mol. The van der Waals surface area contributed by atoms with Gasteiger partial charge in [0.15, 0.2) is 5.96 Å². The van der Waals surface area contributed by atoms with E-state index in [0.29, 0.717) is 25.0 Å². The van der Waals surface area contributed by atoms with Crippen molar-refractivity contribution in [1.29, 1.82) is 0 Å². The predicted octanol–water partition coefficient (Wildman–Crippen LogP) is 2.30. The third-order valence-electron chi connectivity index (χ3n) is 4.54. The molecule has 0 atom stereocenters. The molecule has 0 fully saturated rings. The summed E-state index contributed by atoms with van der Waals surface area (Å²) >= 11 is 0. The molecule has 0 saturated heterocycles. The number of hydrogen-bond acceptors (Lipinski definition) is 3. The maximum Gasteiger partial charge on any atom is 0.241 e. The number of guanidine groups is 1. The van der Waals surface area contributed by atoms with Gasteiger partial charge in [0.2, 0.25) is 5.91 Å². The quantitative estimate of drug-likeness (QED) is 0.502. The van der Waals surface area contributed by atoms with Gasteiger partial charge in [-0.3, -0.25) is 9.48 Å². The second kappa shape index (κ2) is 11.2. The molecule has 7 heteroatoms. The van der Waals surface area contributed by atoms with Gasteiger partial charge in [-0.25, -0.2) is 4.99 Å². The zero-order valence-corrected chi connectivity index (χ0v) is 18.3. The van der Waals surface area contributed by atoms with Crippen molar-refractivity contribution in [2.45, 2.75) is 39.7 Å². The number of benzene rings is 1. The minimum absolute atomic E-state index is 0.0750. The van der Waals surface area contributed by atoms with E-state index in [2.05, 4.69) is 46.7 Å². The van der Waals surface area contributed by atoms with Gasteiger partial charge in [0.1, 0.15) is 6.54 Å². The molecule has 0 radical (unpaired) electrons. The molecule has 7 nitrogen and oxygen atoms in total. The van der Waals surface area contributed by atoms with E-state index < -0.39 is 0 Å². The van der Waals surface area contributed by atoms with Crippen LogP contribution in [0.4, 0.5) is 0 Å². The Morgan fingerprint density at radius 3 is 2.62 bits per heavy atom. The van der Waals surface area contributed by atoms with Crippen molar-refractivity contribution in [3.8, 4) is 0 Å². The van der Waals surface area contributed by atoms with Crippen LogP contribution in [0.3, 0.4) is 0 Å². The summed E-state index contributed by atoms with van der Waals surface area (Å²) in [6, 6.07) is 10.1. The van der Waals surface area contributed by atoms with Crippen molar-refractivity contribution < 1.29 is 4.79 Å². The van der Waals surface area contributed by atoms with Gasteiger partial charge in [0, 0.05) is 45.5 Å². The number of amides is 1. The Kier molecular flexibility index (Phi) is 8.70. The summed E-state index contributed by atoms with van der Waals surface area (Å²) in [7, 11) is 3.92. The van der Waals surface area contributed by atoms with Crippen LogP contribution in [0.25, 0.3) is 0 Å². The summed E-state index contributed by atoms with van der Waals surface area (Å²) in [6.07, 6.45) is 2.86. The van der Waals surface area contributed by atoms with Gasteiger partial charge >= 0.3 is 0 Å². The SMILES string of the molecule is CCNC(=NCC(=O)NCCc1ccccc1)N(C)Cc1cn(C)nc1C(C)C. The van der Waals surface area contributed by atoms with Crippen LogP contribution in [0.2, 0.25) is 0 Å². The lowest BCUT2D eigenvalue weighted by Gasteiger charge is -2.22. The Hall–Kier alpha value is -2.83. The van der Waals surface area contributed by atoms with Crippen LogP contribution < -0.4 is 10.6 Å². The van der Waals surface area contributed by atoms with Crippen LogP contribution in [-0.2, 0) is 24.8 Å². The number of aromatic nitrogens is 2. The van der Waals surface area contributed by atoms with E-state index >= 15 is 0 Å². The lowest BCUT2D eigenvalue weighted by molar-refractivity contribution is -0.119. The molecule has 1 aromatic carbocycles. The smallest absolute Gasteiger partial charge is 0.241 e. The van der Waals surface area contributed by atoms with Crippen molar-refractivity contribution in [3.05, 3.63) is 53.3 Å². The molecule has 0 saturated carbocycles. The largest absolute Gasteiger partial charge is 0.357 e. The number of carbonyl (C=O) groups is 1. The maximum atomic E-state index is 12.2. The highest BCUT2D eigenvalue weighted by Gasteiger charge is 2.15. The van der Waals surface area contributed by atoms with Crippen LogP contribution in [-0.4, -0.2) is 53.2 Å². The number of carbonyl (C=O) groups excluding carboxylic acids is 1. The van der Waals surface area contributed by atoms with Crippen LogP contribution in [0.5, 0.6) is 0 Å². The van der Waals surface area contributed by atoms with Crippen molar-refractivity contribution in [2.75, 3.05) is 26.7 Å². The van der Waals surface area contributed by atoms with E-state index in [1.54, 1.807) is 0 Å². The molecule has 2 rings (SSSR count). The summed E-state index contributed by atoms with van der Waals surface area (Å²) in [5.74, 6) is 0.993. The Bertz CT molecular complexity index is 797. The molecule has 2 aromatic rings. The van der Waals surface area contributed by atoms with Crippen molar-refractivity contribution in [3.63, 3.8) is 0 Å². The van der Waals surface area contributed by atoms with Gasteiger partial charge in [-0.05, 0) is 24.8 Å². The van der Waals surface area contributed by atoms with E-state index in [1.165, 1.54) is 11.1 Å². The fraction of sp³-hybridized carbons (Fsp3) is 0.500. The number of nitrogens with one attached hydrogen (secondary N) is 2. The number of nitrogens with zero attached hydrogens (tertiary/aromatic N) is 4. The van der Waals surface area contributed by atoms with Crippen LogP contribution >= 0.6 is 0 Å². The summed E-state index contributed by atoms with van der Waals surface area (Å²) < 4.78 is 1.85. The highest BCUT2D eigenvalue weighted by atomic mass is 16.1. The van der Waals surface area contributed by atoms with Gasteiger partial charge in [0.05, 0.1) is 5.69 Å². The van der Waals surface area contributed by atoms with Gasteiger partial charge < -0.3 is 15.5 Å². The van der Waals surface area contributed by atoms with Crippen LogP contribution in [0, 0.1) is 0 Å². The lowest BCUT2D eigenvalue weighted by Crippen LogP contribution is -2.39. The molecule has 1 amide bonds. The first kappa shape index (κ1) is 22.5. The fourth-order valence-corrected chi connectivity index (χ4v) is 3.16. The van der Waals surface area contributed by atoms with E-state index in [-0.39, 0.29) is 12.5 Å². The second-order valence-corrected chi connectivity index (χ2v) is 7.48. The zero-order valence-electron chi connectivity index (χ0n) is 18.3. The molecule has 2 N–H and O–H groups in total. The van der Waals surface area contributed by atoms with Gasteiger partial charge in [-0.2, -0.15) is 5.10 Å². The van der Waals surface area contributed by atoms with E-state index in [1.807, 2.05) is 55.0 Å². The topological polar surface area (TPSA) is 74.6 Å². The van der Waals surface area contributed by atoms with Crippen molar-refractivity contribution in [1.82, 2.24) is 25.3 Å². The first-order valence-electron chi connectivity index (χ1n) is 10.2. The summed E-state index contributed by atoms with van der Waals surface area (Å²) in [4.78, 5) is 18.7. The minimum Gasteiger partial charge on any atom is -0.357 e. The monoisotopic (exact) mass is 398 g/mol. The van der Waals surface area contributed by atoms with Crippen LogP contribution in [0.1, 0.15) is 43.5 Å². The third kappa shape index (κ3) is 7.25. The second-order valence-electron chi connectivity index (χ2n) is 7.48. The molecule has 1 aromatic heterocycles. The van der Waals surface area contributed by atoms with E-state index in [9.17, 15) is 4.79 Å². The average molecular weight is 399 g/mol. The molecule has 0 bridgehead atoms. The summed E-state index contributed by atoms with van der Waals surface area (Å²) in [5, 5.41) is 10.8. The molecule has 0 aliphatic heterocycles. The Labute approximate surface area is 174 Å². The van der Waals surface area contributed by atoms with Crippen molar-refractivity contribution in [2.24, 2.45) is 12.0 Å². The average Bonchev–Trinajstić information content (AvgIpc) is 3.06. The lowest BCUT2D eigenvalue weighted by atomic mass is 10.1. The number of rotatable bonds is 9. The third-order valence-corrected chi connectivity index (χ3v) is 4.54. The van der Waals surface area contributed by atoms with E-state index in [4.69, 9.17) is 0 Å². The molecular weight excluding hydrogens is 364 g/mol. The molecule has 0 aliphatic rings. The molecule has 29 heavy (non-hydrogen) atoms. The molecule has 0 unspecified atom stereocenters. The summed E-state index contributed by atoms with van der Waals surface area (Å²) in [6.45, 7) is 8.44. The standard InChI is InChI=1S/C22H34N6O/c1-6-23-22(27(4)15-19-16-28(5)26-21(19)17(2)3)25-14-20(29)24-13-12-18-10-8-7-9-11-18/h7-11,16-17H,6,12-15H2,1-5H3,(H,23,25)(H,24,29). The molecular formula is C22H34N6O. The Balaban J connectivity index is 1.91. The highest BCUT2D eigenvalue weighted by Crippen LogP contribution is 2.18. The van der Waals surface area contributed by atoms with Crippen molar-refractivity contribution >= 4 is 11.9 Å². The zero-order chi connectivity index (χ0) is 21.2. The normalized spacial score (nSPS) is 11.6. The molecule has 1 heterocycles. The fourth-order valence-electron chi connectivity index (χ4n) is 3.16. The molecule has 158 valence electrons. The van der Waals surface area contributed by atoms with Gasteiger partial charge in [0.25, 0.3) is 0 Å². The Morgan fingerprint density at radius 1 is 1.24 bits per heavy atom. The first-order chi connectivity index (χ1) is 13.9. The summed E-state index contributed by atoms with van der Waals surface area (Å²) in [5.41, 5.74) is 3.47. The van der Waals surface area contributed by atoms with E-state index in [0.717, 1.165) is 18.7 Å². The number of hydrogen-bond donors (Lipinski definition) is 2. The van der Waals surface area contributed by atoms with Gasteiger partial charge in [-0.15, -0.1) is 0 Å². The van der Waals surface area contributed by atoms with Gasteiger partial charge in [-0.1, -0.05) is 44.2 Å². The maximum absolute atomic E-state index is 12.2. The minimum atomic E-state index is -0.0750. The highest BCUT2D eigenvalue weighted by molar-refractivity contribution is 5.84. The number of aryl methyl sites for hydroxylation is 1. The molecule has 0 spiro atoms. The van der Waals surface area contributed by atoms with Crippen LogP contribution in [0.15, 0.2) is 41.5 Å². The molecule has 0 aliphatic carbocycles. The Morgan fingerprint density at radius 2 is 1.97 bits per heavy atom. The first-order valence-corrected chi connectivity index (χ1v) is 10.2.